The highest BCUT2D eigenvalue weighted by molar-refractivity contribution is 5.80. The molecular formula is C19H24N4O2. The third kappa shape index (κ3) is 4.55. The maximum Gasteiger partial charge on any atom is 0.120 e. The Morgan fingerprint density at radius 3 is 2.80 bits per heavy atom. The summed E-state index contributed by atoms with van der Waals surface area (Å²) >= 11 is 0. The van der Waals surface area contributed by atoms with Crippen LogP contribution < -0.4 is 4.74 Å². The average molecular weight is 340 g/mol. The number of ether oxygens (including phenoxy) is 1. The van der Waals surface area contributed by atoms with E-state index in [0.29, 0.717) is 26.2 Å². The summed E-state index contributed by atoms with van der Waals surface area (Å²) in [7, 11) is 0. The van der Waals surface area contributed by atoms with Gasteiger partial charge in [0.1, 0.15) is 11.6 Å². The van der Waals surface area contributed by atoms with Crippen molar-refractivity contribution in [2.75, 3.05) is 19.8 Å². The van der Waals surface area contributed by atoms with E-state index in [0.717, 1.165) is 33.9 Å². The Bertz CT molecular complexity index is 831. The van der Waals surface area contributed by atoms with Crippen molar-refractivity contribution in [1.29, 1.82) is 0 Å². The van der Waals surface area contributed by atoms with Crippen molar-refractivity contribution in [3.8, 4) is 5.75 Å². The van der Waals surface area contributed by atoms with Gasteiger partial charge in [-0.3, -0.25) is 9.88 Å². The summed E-state index contributed by atoms with van der Waals surface area (Å²) in [6, 6.07) is 10.0. The molecule has 3 aromatic rings. The molecule has 0 saturated carbocycles. The minimum absolute atomic E-state index is 0.110. The summed E-state index contributed by atoms with van der Waals surface area (Å²) in [5.74, 6) is 1.76. The zero-order chi connectivity index (χ0) is 17.6. The average Bonchev–Trinajstić information content (AvgIpc) is 3.00. The fraction of sp³-hybridized carbons (Fsp3) is 0.368. The van der Waals surface area contributed by atoms with Crippen molar-refractivity contribution in [2.24, 2.45) is 0 Å². The summed E-state index contributed by atoms with van der Waals surface area (Å²) in [4.78, 5) is 14.3. The Morgan fingerprint density at radius 2 is 2.08 bits per heavy atom. The summed E-state index contributed by atoms with van der Waals surface area (Å²) in [5, 5.41) is 10.4. The monoisotopic (exact) mass is 340 g/mol. The van der Waals surface area contributed by atoms with Gasteiger partial charge < -0.3 is 14.8 Å². The van der Waals surface area contributed by atoms with Gasteiger partial charge in [0.2, 0.25) is 0 Å². The molecule has 6 nitrogen and oxygen atoms in total. The molecular weight excluding hydrogens is 316 g/mol. The Morgan fingerprint density at radius 1 is 1.20 bits per heavy atom. The maximum atomic E-state index is 9.35. The number of pyridine rings is 1. The molecule has 0 unspecified atom stereocenters. The van der Waals surface area contributed by atoms with Crippen molar-refractivity contribution in [1.82, 2.24) is 19.9 Å². The number of aromatic amines is 1. The summed E-state index contributed by atoms with van der Waals surface area (Å²) < 4.78 is 5.54. The lowest BCUT2D eigenvalue weighted by atomic mass is 10.2. The number of aromatic nitrogens is 3. The Hall–Kier alpha value is -2.44. The quantitative estimate of drug-likeness (QED) is 0.659. The number of aryl methyl sites for hydroxylation is 1. The minimum Gasteiger partial charge on any atom is -0.494 e. The van der Waals surface area contributed by atoms with Gasteiger partial charge in [0, 0.05) is 36.9 Å². The van der Waals surface area contributed by atoms with Gasteiger partial charge >= 0.3 is 0 Å². The van der Waals surface area contributed by atoms with E-state index < -0.39 is 0 Å². The van der Waals surface area contributed by atoms with Crippen molar-refractivity contribution < 1.29 is 9.84 Å². The number of hydrogen-bond donors (Lipinski definition) is 2. The zero-order valence-electron chi connectivity index (χ0n) is 14.7. The molecule has 0 aliphatic carbocycles. The second kappa shape index (κ2) is 8.09. The van der Waals surface area contributed by atoms with Crippen LogP contribution in [0, 0.1) is 6.92 Å². The van der Waals surface area contributed by atoms with Gasteiger partial charge in [0.25, 0.3) is 0 Å². The van der Waals surface area contributed by atoms with Crippen LogP contribution in [0.5, 0.6) is 5.75 Å². The molecule has 0 radical (unpaired) electrons. The van der Waals surface area contributed by atoms with Crippen molar-refractivity contribution >= 4 is 10.9 Å². The van der Waals surface area contributed by atoms with Crippen LogP contribution in [0.1, 0.15) is 24.1 Å². The fourth-order valence-electron chi connectivity index (χ4n) is 2.87. The van der Waals surface area contributed by atoms with E-state index in [2.05, 4.69) is 20.9 Å². The minimum atomic E-state index is 0.110. The molecule has 3 rings (SSSR count). The summed E-state index contributed by atoms with van der Waals surface area (Å²) in [5.41, 5.74) is 2.96. The number of H-pyrrole nitrogens is 1. The first-order valence-corrected chi connectivity index (χ1v) is 8.54. The maximum absolute atomic E-state index is 9.35. The number of nitrogens with one attached hydrogen (secondary N) is 1. The van der Waals surface area contributed by atoms with Crippen molar-refractivity contribution in [2.45, 2.75) is 26.9 Å². The molecule has 6 heteroatoms. The number of nitrogens with zero attached hydrogens (tertiary/aromatic N) is 3. The van der Waals surface area contributed by atoms with Crippen LogP contribution in [0.15, 0.2) is 36.5 Å². The largest absolute Gasteiger partial charge is 0.494 e. The SMILES string of the molecule is CCOc1ccc2nc(CN(CCO)Cc3cnc(C)[nH]3)ccc2c1. The Labute approximate surface area is 147 Å². The van der Waals surface area contributed by atoms with Gasteiger partial charge in [-0.25, -0.2) is 4.98 Å². The van der Waals surface area contributed by atoms with E-state index in [9.17, 15) is 5.11 Å². The highest BCUT2D eigenvalue weighted by Crippen LogP contribution is 2.20. The number of hydrogen-bond acceptors (Lipinski definition) is 5. The lowest BCUT2D eigenvalue weighted by molar-refractivity contribution is 0.181. The predicted molar refractivity (Wildman–Crippen MR) is 97.4 cm³/mol. The van der Waals surface area contributed by atoms with Gasteiger partial charge in [0.15, 0.2) is 0 Å². The van der Waals surface area contributed by atoms with E-state index in [1.807, 2.05) is 44.3 Å². The molecule has 1 aromatic carbocycles. The van der Waals surface area contributed by atoms with E-state index >= 15 is 0 Å². The molecule has 25 heavy (non-hydrogen) atoms. The lowest BCUT2D eigenvalue weighted by Crippen LogP contribution is -2.26. The van der Waals surface area contributed by atoms with Crippen LogP contribution in [0.4, 0.5) is 0 Å². The predicted octanol–water partition coefficient (Wildman–Crippen LogP) is 2.66. The molecule has 0 amide bonds. The Kier molecular flexibility index (Phi) is 5.63. The number of fused-ring (bicyclic) bond motifs is 1. The van der Waals surface area contributed by atoms with Gasteiger partial charge in [-0.2, -0.15) is 0 Å². The normalized spacial score (nSPS) is 11.4. The highest BCUT2D eigenvalue weighted by atomic mass is 16.5. The molecule has 0 aliphatic heterocycles. The van der Waals surface area contributed by atoms with E-state index in [1.54, 1.807) is 0 Å². The second-order valence-corrected chi connectivity index (χ2v) is 6.02. The highest BCUT2D eigenvalue weighted by Gasteiger charge is 2.10. The first-order valence-electron chi connectivity index (χ1n) is 8.54. The van der Waals surface area contributed by atoms with Crippen LogP contribution in [0.3, 0.4) is 0 Å². The van der Waals surface area contributed by atoms with Gasteiger partial charge in [-0.05, 0) is 38.1 Å². The second-order valence-electron chi connectivity index (χ2n) is 6.02. The molecule has 0 fully saturated rings. The molecule has 132 valence electrons. The van der Waals surface area contributed by atoms with Gasteiger partial charge in [-0.15, -0.1) is 0 Å². The van der Waals surface area contributed by atoms with E-state index in [-0.39, 0.29) is 6.61 Å². The van der Waals surface area contributed by atoms with E-state index in [1.165, 1.54) is 0 Å². The van der Waals surface area contributed by atoms with Crippen LogP contribution in [-0.4, -0.2) is 44.7 Å². The molecule has 0 spiro atoms. The van der Waals surface area contributed by atoms with Crippen LogP contribution in [0.2, 0.25) is 0 Å². The molecule has 2 aromatic heterocycles. The van der Waals surface area contributed by atoms with Crippen molar-refractivity contribution in [3.63, 3.8) is 0 Å². The summed E-state index contributed by atoms with van der Waals surface area (Å²) in [6.45, 7) is 6.62. The lowest BCUT2D eigenvalue weighted by Gasteiger charge is -2.20. The number of rotatable bonds is 8. The third-order valence-electron chi connectivity index (χ3n) is 3.98. The first kappa shape index (κ1) is 17.4. The van der Waals surface area contributed by atoms with E-state index in [4.69, 9.17) is 9.72 Å². The standard InChI is InChI=1S/C19H24N4O2/c1-3-25-18-6-7-19-15(10-18)4-5-16(22-19)12-23(8-9-24)13-17-11-20-14(2)21-17/h4-7,10-11,24H,3,8-9,12-13H2,1-2H3,(H,20,21). The molecule has 2 heterocycles. The number of aliphatic hydroxyl groups is 1. The summed E-state index contributed by atoms with van der Waals surface area (Å²) in [6.07, 6.45) is 1.84. The molecule has 0 saturated heterocycles. The Balaban J connectivity index is 1.75. The molecule has 0 aliphatic rings. The zero-order valence-corrected chi connectivity index (χ0v) is 14.7. The topological polar surface area (TPSA) is 74.3 Å². The van der Waals surface area contributed by atoms with Gasteiger partial charge in [0.05, 0.1) is 24.4 Å². The first-order chi connectivity index (χ1) is 12.2. The number of aliphatic hydroxyl groups excluding tert-OH is 1. The smallest absolute Gasteiger partial charge is 0.120 e. The van der Waals surface area contributed by atoms with Crippen LogP contribution >= 0.6 is 0 Å². The fourth-order valence-corrected chi connectivity index (χ4v) is 2.87. The molecule has 0 atom stereocenters. The third-order valence-corrected chi connectivity index (χ3v) is 3.98. The van der Waals surface area contributed by atoms with Crippen LogP contribution in [0.25, 0.3) is 10.9 Å². The molecule has 2 N–H and O–H groups in total. The molecule has 0 bridgehead atoms. The van der Waals surface area contributed by atoms with Crippen molar-refractivity contribution in [3.05, 3.63) is 53.7 Å². The van der Waals surface area contributed by atoms with Crippen LogP contribution in [-0.2, 0) is 13.1 Å². The van der Waals surface area contributed by atoms with Gasteiger partial charge in [-0.1, -0.05) is 6.07 Å². The number of benzene rings is 1. The number of imidazole rings is 1.